The number of likely N-dealkylation sites (N-methyl/N-ethyl adjacent to an activating group) is 1. The lowest BCUT2D eigenvalue weighted by Gasteiger charge is -2.14. The minimum atomic E-state index is -4.09. The van der Waals surface area contributed by atoms with Crippen LogP contribution in [0.15, 0.2) is 65.6 Å². The first-order valence-corrected chi connectivity index (χ1v) is 16.9. The SMILES string of the molecule is COc1cc(C(=O)NS(=O)(=O)c2ccccc2C)ccc1Cc1c(CC(=O)N(C)C)[nH]c2ccc(NC(=O)CC3CCCC3)cc12. The number of aryl methyl sites for hydroxylation is 1. The summed E-state index contributed by atoms with van der Waals surface area (Å²) in [5.41, 5.74) is 4.46. The van der Waals surface area contributed by atoms with E-state index in [9.17, 15) is 22.8 Å². The molecule has 10 nitrogen and oxygen atoms in total. The Morgan fingerprint density at radius 3 is 2.43 bits per heavy atom. The van der Waals surface area contributed by atoms with Crippen molar-refractivity contribution in [1.82, 2.24) is 14.6 Å². The molecular weight excluding hydrogens is 604 g/mol. The molecule has 4 aromatic rings. The van der Waals surface area contributed by atoms with Crippen LogP contribution in [0.5, 0.6) is 5.75 Å². The third-order valence-electron chi connectivity index (χ3n) is 8.58. The van der Waals surface area contributed by atoms with Gasteiger partial charge in [0.05, 0.1) is 18.4 Å². The number of H-pyrrole nitrogens is 1. The Morgan fingerprint density at radius 2 is 1.74 bits per heavy atom. The number of anilines is 1. The smallest absolute Gasteiger partial charge is 0.265 e. The molecule has 242 valence electrons. The highest BCUT2D eigenvalue weighted by Crippen LogP contribution is 2.32. The predicted molar refractivity (Wildman–Crippen MR) is 178 cm³/mol. The molecule has 1 aromatic heterocycles. The van der Waals surface area contributed by atoms with Crippen molar-refractivity contribution < 1.29 is 27.5 Å². The van der Waals surface area contributed by atoms with Crippen molar-refractivity contribution in [2.24, 2.45) is 5.92 Å². The summed E-state index contributed by atoms with van der Waals surface area (Å²) in [6.07, 6.45) is 5.51. The molecule has 0 saturated heterocycles. The van der Waals surface area contributed by atoms with Gasteiger partial charge in [0, 0.05) is 54.8 Å². The number of nitrogens with one attached hydrogen (secondary N) is 3. The highest BCUT2D eigenvalue weighted by Gasteiger charge is 2.23. The number of fused-ring (bicyclic) bond motifs is 1. The maximum absolute atomic E-state index is 13.1. The van der Waals surface area contributed by atoms with Crippen LogP contribution in [0, 0.1) is 12.8 Å². The zero-order valence-corrected chi connectivity index (χ0v) is 27.4. The molecule has 1 aliphatic carbocycles. The van der Waals surface area contributed by atoms with Crippen molar-refractivity contribution in [3.63, 3.8) is 0 Å². The summed E-state index contributed by atoms with van der Waals surface area (Å²) in [6.45, 7) is 1.66. The molecule has 1 aliphatic rings. The van der Waals surface area contributed by atoms with Crippen LogP contribution in [0.4, 0.5) is 5.69 Å². The van der Waals surface area contributed by atoms with E-state index in [1.54, 1.807) is 51.4 Å². The Balaban J connectivity index is 1.44. The average Bonchev–Trinajstić information content (AvgIpc) is 3.64. The number of sulfonamides is 1. The van der Waals surface area contributed by atoms with Crippen molar-refractivity contribution in [2.45, 2.75) is 56.8 Å². The van der Waals surface area contributed by atoms with Gasteiger partial charge in [0.2, 0.25) is 11.8 Å². The van der Waals surface area contributed by atoms with E-state index in [4.69, 9.17) is 4.74 Å². The largest absolute Gasteiger partial charge is 0.496 e. The minimum Gasteiger partial charge on any atom is -0.496 e. The summed E-state index contributed by atoms with van der Waals surface area (Å²) in [4.78, 5) is 43.6. The van der Waals surface area contributed by atoms with E-state index in [1.165, 1.54) is 37.0 Å². The summed E-state index contributed by atoms with van der Waals surface area (Å²) in [6, 6.07) is 16.9. The number of aromatic amines is 1. The molecule has 3 aromatic carbocycles. The van der Waals surface area contributed by atoms with Crippen LogP contribution < -0.4 is 14.8 Å². The number of hydrogen-bond donors (Lipinski definition) is 3. The quantitative estimate of drug-likeness (QED) is 0.202. The fraction of sp³-hybridized carbons (Fsp3) is 0.343. The zero-order chi connectivity index (χ0) is 33.0. The standard InChI is InChI=1S/C35H40N4O6S/c1-22-9-5-8-12-32(22)46(43,44)38-35(42)25-14-13-24(31(19-25)45-4)18-27-28-20-26(36-33(40)17-23-10-6-7-11-23)15-16-29(28)37-30(27)21-34(41)39(2)3/h5,8-9,12-16,19-20,23,37H,6-7,10-11,17-18,21H2,1-4H3,(H,36,40)(H,38,42). The Hall–Kier alpha value is -4.64. The highest BCUT2D eigenvalue weighted by atomic mass is 32.2. The second kappa shape index (κ2) is 13.8. The fourth-order valence-corrected chi connectivity index (χ4v) is 7.27. The molecule has 1 heterocycles. The van der Waals surface area contributed by atoms with Gasteiger partial charge in [0.1, 0.15) is 5.75 Å². The van der Waals surface area contributed by atoms with Gasteiger partial charge in [-0.05, 0) is 78.8 Å². The lowest BCUT2D eigenvalue weighted by Crippen LogP contribution is -2.31. The number of carbonyl (C=O) groups excluding carboxylic acids is 3. The normalized spacial score (nSPS) is 13.5. The van der Waals surface area contributed by atoms with E-state index in [1.807, 2.05) is 18.2 Å². The third kappa shape index (κ3) is 7.42. The first-order valence-electron chi connectivity index (χ1n) is 15.4. The Labute approximate surface area is 269 Å². The van der Waals surface area contributed by atoms with Crippen LogP contribution in [0.1, 0.15) is 64.8 Å². The minimum absolute atomic E-state index is 0.00804. The molecule has 0 unspecified atom stereocenters. The van der Waals surface area contributed by atoms with Gasteiger partial charge < -0.3 is 19.9 Å². The Kier molecular flexibility index (Phi) is 9.81. The number of ether oxygens (including phenoxy) is 1. The van der Waals surface area contributed by atoms with Crippen LogP contribution in [-0.2, 0) is 32.5 Å². The maximum Gasteiger partial charge on any atom is 0.265 e. The van der Waals surface area contributed by atoms with Crippen LogP contribution in [-0.4, -0.2) is 57.2 Å². The number of amides is 3. The van der Waals surface area contributed by atoms with E-state index in [0.717, 1.165) is 40.6 Å². The number of methoxy groups -OCH3 is 1. The monoisotopic (exact) mass is 644 g/mol. The second-order valence-electron chi connectivity index (χ2n) is 12.1. The van der Waals surface area contributed by atoms with Crippen molar-refractivity contribution in [1.29, 1.82) is 0 Å². The van der Waals surface area contributed by atoms with Gasteiger partial charge >= 0.3 is 0 Å². The molecule has 0 atom stereocenters. The molecular formula is C35H40N4O6S. The van der Waals surface area contributed by atoms with Crippen LogP contribution >= 0.6 is 0 Å². The van der Waals surface area contributed by atoms with Gasteiger partial charge in [-0.1, -0.05) is 37.1 Å². The number of aromatic nitrogens is 1. The highest BCUT2D eigenvalue weighted by molar-refractivity contribution is 7.90. The molecule has 0 radical (unpaired) electrons. The molecule has 0 bridgehead atoms. The molecule has 3 amide bonds. The number of nitrogens with zero attached hydrogens (tertiary/aromatic N) is 1. The number of benzene rings is 3. The predicted octanol–water partition coefficient (Wildman–Crippen LogP) is 5.34. The van der Waals surface area contributed by atoms with Gasteiger partial charge in [-0.3, -0.25) is 14.4 Å². The zero-order valence-electron chi connectivity index (χ0n) is 26.6. The maximum atomic E-state index is 13.1. The molecule has 1 saturated carbocycles. The first kappa shape index (κ1) is 32.7. The lowest BCUT2D eigenvalue weighted by atomic mass is 9.98. The summed E-state index contributed by atoms with van der Waals surface area (Å²) < 4.78 is 33.7. The van der Waals surface area contributed by atoms with E-state index in [2.05, 4.69) is 15.0 Å². The van der Waals surface area contributed by atoms with Gasteiger partial charge in [0.25, 0.3) is 15.9 Å². The van der Waals surface area contributed by atoms with E-state index in [0.29, 0.717) is 35.8 Å². The van der Waals surface area contributed by atoms with Crippen LogP contribution in [0.2, 0.25) is 0 Å². The molecule has 46 heavy (non-hydrogen) atoms. The second-order valence-corrected chi connectivity index (χ2v) is 13.8. The lowest BCUT2D eigenvalue weighted by molar-refractivity contribution is -0.128. The number of hydrogen-bond acceptors (Lipinski definition) is 6. The molecule has 3 N–H and O–H groups in total. The fourth-order valence-electron chi connectivity index (χ4n) is 6.05. The van der Waals surface area contributed by atoms with Crippen molar-refractivity contribution in [2.75, 3.05) is 26.5 Å². The summed E-state index contributed by atoms with van der Waals surface area (Å²) in [5.74, 6) is -0.0509. The van der Waals surface area contributed by atoms with E-state index >= 15 is 0 Å². The van der Waals surface area contributed by atoms with Crippen molar-refractivity contribution in [3.05, 3.63) is 88.6 Å². The summed E-state index contributed by atoms with van der Waals surface area (Å²) >= 11 is 0. The summed E-state index contributed by atoms with van der Waals surface area (Å²) in [7, 11) is 0.799. The Bertz CT molecular complexity index is 1890. The average molecular weight is 645 g/mol. The van der Waals surface area contributed by atoms with Gasteiger partial charge in [0.15, 0.2) is 0 Å². The topological polar surface area (TPSA) is 138 Å². The van der Waals surface area contributed by atoms with E-state index in [-0.39, 0.29) is 28.7 Å². The molecule has 5 rings (SSSR count). The van der Waals surface area contributed by atoms with Gasteiger partial charge in [-0.25, -0.2) is 13.1 Å². The van der Waals surface area contributed by atoms with Crippen molar-refractivity contribution in [3.8, 4) is 5.75 Å². The molecule has 0 spiro atoms. The van der Waals surface area contributed by atoms with Crippen molar-refractivity contribution >= 4 is 44.3 Å². The summed E-state index contributed by atoms with van der Waals surface area (Å²) in [5, 5.41) is 3.91. The molecule has 1 fully saturated rings. The Morgan fingerprint density at radius 1 is 1.00 bits per heavy atom. The molecule has 0 aliphatic heterocycles. The van der Waals surface area contributed by atoms with Gasteiger partial charge in [-0.15, -0.1) is 0 Å². The number of rotatable bonds is 11. The first-order chi connectivity index (χ1) is 21.9. The van der Waals surface area contributed by atoms with Gasteiger partial charge in [-0.2, -0.15) is 0 Å². The number of carbonyl (C=O) groups is 3. The van der Waals surface area contributed by atoms with Crippen LogP contribution in [0.3, 0.4) is 0 Å². The third-order valence-corrected chi connectivity index (χ3v) is 10.1. The van der Waals surface area contributed by atoms with Crippen LogP contribution in [0.25, 0.3) is 10.9 Å². The van der Waals surface area contributed by atoms with E-state index < -0.39 is 15.9 Å². The molecule has 11 heteroatoms.